The fourth-order valence-corrected chi connectivity index (χ4v) is 3.27. The third-order valence-corrected chi connectivity index (χ3v) is 4.83. The first-order valence-electron chi connectivity index (χ1n) is 6.50. The number of nitrogen functional groups attached to an aromatic ring is 1. The van der Waals surface area contributed by atoms with E-state index in [0.29, 0.717) is 26.2 Å². The predicted octanol–water partition coefficient (Wildman–Crippen LogP) is 0.648. The van der Waals surface area contributed by atoms with Crippen molar-refractivity contribution in [1.82, 2.24) is 4.31 Å². The molecule has 0 bridgehead atoms. The maximum atomic E-state index is 12.6. The van der Waals surface area contributed by atoms with E-state index in [-0.39, 0.29) is 22.9 Å². The van der Waals surface area contributed by atoms with Crippen molar-refractivity contribution in [2.75, 3.05) is 46.3 Å². The molecule has 120 valence electrons. The zero-order valence-corrected chi connectivity index (χ0v) is 13.1. The number of phenols is 1. The Bertz CT molecular complexity index is 547. The molecular weight excluding hydrogens is 296 g/mol. The monoisotopic (exact) mass is 318 g/mol. The summed E-state index contributed by atoms with van der Waals surface area (Å²) in [4.78, 5) is 0.0475. The van der Waals surface area contributed by atoms with Crippen LogP contribution in [0, 0.1) is 0 Å². The van der Waals surface area contributed by atoms with Crippen LogP contribution in [0.5, 0.6) is 5.75 Å². The summed E-state index contributed by atoms with van der Waals surface area (Å²) in [5, 5.41) is 9.39. The molecule has 0 amide bonds. The molecule has 0 radical (unpaired) electrons. The largest absolute Gasteiger partial charge is 0.506 e. The standard InChI is InChI=1S/C13H22N2O5S/c1-19-8-3-6-15(7-9-20-2)21(17,18)11-4-5-13(16)12(14)10-11/h4-5,10,16H,3,6-9,14H2,1-2H3. The second kappa shape index (κ2) is 8.18. The smallest absolute Gasteiger partial charge is 0.243 e. The van der Waals surface area contributed by atoms with Crippen LogP contribution in [-0.2, 0) is 19.5 Å². The van der Waals surface area contributed by atoms with Crippen molar-refractivity contribution < 1.29 is 23.0 Å². The molecule has 21 heavy (non-hydrogen) atoms. The number of benzene rings is 1. The highest BCUT2D eigenvalue weighted by atomic mass is 32.2. The number of hydrogen-bond acceptors (Lipinski definition) is 6. The fraction of sp³-hybridized carbons (Fsp3) is 0.538. The SMILES string of the molecule is COCCCN(CCOC)S(=O)(=O)c1ccc(O)c(N)c1. The Morgan fingerprint density at radius 2 is 1.86 bits per heavy atom. The lowest BCUT2D eigenvalue weighted by Gasteiger charge is -2.22. The summed E-state index contributed by atoms with van der Waals surface area (Å²) in [7, 11) is -0.610. The van der Waals surface area contributed by atoms with Crippen molar-refractivity contribution >= 4 is 15.7 Å². The van der Waals surface area contributed by atoms with Crippen LogP contribution in [0.1, 0.15) is 6.42 Å². The highest BCUT2D eigenvalue weighted by Crippen LogP contribution is 2.25. The Kier molecular flexibility index (Phi) is 6.90. The molecule has 3 N–H and O–H groups in total. The van der Waals surface area contributed by atoms with E-state index >= 15 is 0 Å². The highest BCUT2D eigenvalue weighted by molar-refractivity contribution is 7.89. The number of phenolic OH excluding ortho intramolecular Hbond substituents is 1. The fourth-order valence-electron chi connectivity index (χ4n) is 1.77. The second-order valence-corrected chi connectivity index (χ2v) is 6.40. The van der Waals surface area contributed by atoms with Crippen LogP contribution in [0.2, 0.25) is 0 Å². The van der Waals surface area contributed by atoms with Gasteiger partial charge in [-0.3, -0.25) is 0 Å². The number of hydrogen-bond donors (Lipinski definition) is 2. The van der Waals surface area contributed by atoms with Gasteiger partial charge >= 0.3 is 0 Å². The predicted molar refractivity (Wildman–Crippen MR) is 79.6 cm³/mol. The molecule has 0 fully saturated rings. The molecule has 7 nitrogen and oxygen atoms in total. The van der Waals surface area contributed by atoms with Crippen molar-refractivity contribution in [3.63, 3.8) is 0 Å². The zero-order chi connectivity index (χ0) is 15.9. The Balaban J connectivity index is 2.98. The van der Waals surface area contributed by atoms with Crippen molar-refractivity contribution in [1.29, 1.82) is 0 Å². The van der Waals surface area contributed by atoms with Crippen LogP contribution in [0.4, 0.5) is 5.69 Å². The molecular formula is C13H22N2O5S. The minimum Gasteiger partial charge on any atom is -0.506 e. The van der Waals surface area contributed by atoms with Crippen LogP contribution < -0.4 is 5.73 Å². The summed E-state index contributed by atoms with van der Waals surface area (Å²) < 4.78 is 36.4. The highest BCUT2D eigenvalue weighted by Gasteiger charge is 2.24. The van der Waals surface area contributed by atoms with Gasteiger partial charge in [-0.25, -0.2) is 8.42 Å². The molecule has 1 aromatic carbocycles. The summed E-state index contributed by atoms with van der Waals surface area (Å²) in [6, 6.07) is 3.85. The van der Waals surface area contributed by atoms with Gasteiger partial charge in [0.15, 0.2) is 0 Å². The van der Waals surface area contributed by atoms with Crippen LogP contribution in [-0.4, -0.2) is 58.4 Å². The number of nitrogens with zero attached hydrogens (tertiary/aromatic N) is 1. The van der Waals surface area contributed by atoms with Crippen molar-refractivity contribution in [3.05, 3.63) is 18.2 Å². The van der Waals surface area contributed by atoms with Gasteiger partial charge in [0.05, 0.1) is 17.2 Å². The first-order valence-corrected chi connectivity index (χ1v) is 7.94. The summed E-state index contributed by atoms with van der Waals surface area (Å²) in [5.74, 6) is -0.142. The lowest BCUT2D eigenvalue weighted by Crippen LogP contribution is -2.35. The van der Waals surface area contributed by atoms with Gasteiger partial charge in [0.25, 0.3) is 0 Å². The Morgan fingerprint density at radius 1 is 1.19 bits per heavy atom. The molecule has 1 aromatic rings. The number of rotatable bonds is 9. The molecule has 0 aliphatic heterocycles. The number of nitrogens with two attached hydrogens (primary N) is 1. The summed E-state index contributed by atoms with van der Waals surface area (Å²) in [6.07, 6.45) is 0.576. The molecule has 8 heteroatoms. The van der Waals surface area contributed by atoms with Gasteiger partial charge in [-0.05, 0) is 24.6 Å². The van der Waals surface area contributed by atoms with Gasteiger partial charge in [0, 0.05) is 33.9 Å². The third kappa shape index (κ3) is 4.85. The van der Waals surface area contributed by atoms with E-state index in [1.165, 1.54) is 29.6 Å². The minimum absolute atomic E-state index is 0.0275. The molecule has 0 saturated carbocycles. The van der Waals surface area contributed by atoms with Gasteiger partial charge in [-0.15, -0.1) is 0 Å². The summed E-state index contributed by atoms with van der Waals surface area (Å²) >= 11 is 0. The number of sulfonamides is 1. The van der Waals surface area contributed by atoms with Gasteiger partial charge in [0.1, 0.15) is 5.75 Å². The molecule has 0 atom stereocenters. The molecule has 0 saturated heterocycles. The molecule has 0 aliphatic rings. The average molecular weight is 318 g/mol. The third-order valence-electron chi connectivity index (χ3n) is 2.94. The molecule has 1 rings (SSSR count). The topological polar surface area (TPSA) is 102 Å². The average Bonchev–Trinajstić information content (AvgIpc) is 2.45. The maximum Gasteiger partial charge on any atom is 0.243 e. The van der Waals surface area contributed by atoms with Crippen LogP contribution >= 0.6 is 0 Å². The molecule has 0 unspecified atom stereocenters. The molecule has 0 aromatic heterocycles. The van der Waals surface area contributed by atoms with E-state index in [1.54, 1.807) is 7.11 Å². The van der Waals surface area contributed by atoms with E-state index in [0.717, 1.165) is 0 Å². The quantitative estimate of drug-likeness (QED) is 0.394. The summed E-state index contributed by atoms with van der Waals surface area (Å²) in [6.45, 7) is 1.32. The molecule has 0 heterocycles. The van der Waals surface area contributed by atoms with E-state index in [2.05, 4.69) is 0 Å². The number of ether oxygens (including phenoxy) is 2. The van der Waals surface area contributed by atoms with Crippen molar-refractivity contribution in [2.24, 2.45) is 0 Å². The normalized spacial score (nSPS) is 12.0. The second-order valence-electron chi connectivity index (χ2n) is 4.46. The van der Waals surface area contributed by atoms with E-state index < -0.39 is 10.0 Å². The summed E-state index contributed by atoms with van der Waals surface area (Å²) in [5.41, 5.74) is 5.59. The van der Waals surface area contributed by atoms with Gasteiger partial charge in [-0.1, -0.05) is 0 Å². The Morgan fingerprint density at radius 3 is 2.43 bits per heavy atom. The first kappa shape index (κ1) is 17.7. The zero-order valence-electron chi connectivity index (χ0n) is 12.3. The van der Waals surface area contributed by atoms with Crippen molar-refractivity contribution in [3.8, 4) is 5.75 Å². The van der Waals surface area contributed by atoms with Crippen LogP contribution in [0.3, 0.4) is 0 Å². The lowest BCUT2D eigenvalue weighted by atomic mass is 10.3. The lowest BCUT2D eigenvalue weighted by molar-refractivity contribution is 0.164. The Labute approximate surface area is 125 Å². The number of methoxy groups -OCH3 is 2. The Hall–Kier alpha value is -1.35. The van der Waals surface area contributed by atoms with Gasteiger partial charge < -0.3 is 20.3 Å². The van der Waals surface area contributed by atoms with E-state index in [1.807, 2.05) is 0 Å². The van der Waals surface area contributed by atoms with Crippen molar-refractivity contribution in [2.45, 2.75) is 11.3 Å². The molecule has 0 spiro atoms. The van der Waals surface area contributed by atoms with E-state index in [4.69, 9.17) is 15.2 Å². The minimum atomic E-state index is -3.69. The number of aromatic hydroxyl groups is 1. The number of anilines is 1. The molecule has 0 aliphatic carbocycles. The van der Waals surface area contributed by atoms with Gasteiger partial charge in [0.2, 0.25) is 10.0 Å². The van der Waals surface area contributed by atoms with E-state index in [9.17, 15) is 13.5 Å². The maximum absolute atomic E-state index is 12.6. The van der Waals surface area contributed by atoms with Crippen LogP contribution in [0.25, 0.3) is 0 Å². The van der Waals surface area contributed by atoms with Crippen LogP contribution in [0.15, 0.2) is 23.1 Å². The first-order chi connectivity index (χ1) is 9.93. The van der Waals surface area contributed by atoms with Gasteiger partial charge in [-0.2, -0.15) is 4.31 Å².